The summed E-state index contributed by atoms with van der Waals surface area (Å²) in [4.78, 5) is 0. The molecule has 0 fully saturated rings. The minimum absolute atomic E-state index is 0.676. The van der Waals surface area contributed by atoms with Crippen LogP contribution in [-0.2, 0) is 6.54 Å². The molecule has 2 heteroatoms. The van der Waals surface area contributed by atoms with Crippen molar-refractivity contribution in [2.24, 2.45) is 0 Å². The van der Waals surface area contributed by atoms with Crippen molar-refractivity contribution in [3.05, 3.63) is 199 Å². The number of fused-ring (bicyclic) bond motifs is 7. The van der Waals surface area contributed by atoms with Crippen LogP contribution in [0.5, 0.6) is 0 Å². The number of para-hydroxylation sites is 1. The van der Waals surface area contributed by atoms with Gasteiger partial charge < -0.3 is 9.88 Å². The van der Waals surface area contributed by atoms with Crippen LogP contribution in [0.1, 0.15) is 11.3 Å². The zero-order valence-corrected chi connectivity index (χ0v) is 29.0. The molecule has 0 N–H and O–H groups in total. The van der Waals surface area contributed by atoms with Crippen molar-refractivity contribution in [1.29, 1.82) is 0 Å². The summed E-state index contributed by atoms with van der Waals surface area (Å²) in [6, 6.07) is 64.7. The van der Waals surface area contributed by atoms with Gasteiger partial charge in [0.25, 0.3) is 0 Å². The maximum absolute atomic E-state index is 4.68. The van der Waals surface area contributed by atoms with Crippen LogP contribution in [0, 0.1) is 0 Å². The minimum Gasteiger partial charge on any atom is -0.687 e. The fourth-order valence-corrected chi connectivity index (χ4v) is 8.84. The van der Waals surface area contributed by atoms with Crippen LogP contribution in [0.2, 0.25) is 0 Å². The highest BCUT2D eigenvalue weighted by Crippen LogP contribution is 2.48. The minimum atomic E-state index is 0.676. The van der Waals surface area contributed by atoms with E-state index in [2.05, 4.69) is 192 Å². The Morgan fingerprint density at radius 2 is 0.943 bits per heavy atom. The molecular weight excluding hydrogens is 641 g/mol. The quantitative estimate of drug-likeness (QED) is 0.166. The molecule has 0 saturated heterocycles. The van der Waals surface area contributed by atoms with Crippen LogP contribution < -0.4 is 0 Å². The number of benzene rings is 9. The van der Waals surface area contributed by atoms with Gasteiger partial charge in [0.1, 0.15) is 0 Å². The lowest BCUT2D eigenvalue weighted by atomic mass is 9.83. The van der Waals surface area contributed by atoms with Crippen LogP contribution in [0.3, 0.4) is 0 Å². The van der Waals surface area contributed by atoms with Crippen molar-refractivity contribution in [2.75, 3.05) is 0 Å². The SMILES string of the molecule is C1=Cc2c(c3cc(-c4ccc5c(-c6cccc7ccccc67)c6ccccc6c(-c6cccc7ccccc67)c5c4)ccc3n2-c2ccccc2)C[N-]1. The first kappa shape index (κ1) is 29.8. The van der Waals surface area contributed by atoms with Gasteiger partial charge in [0.05, 0.1) is 5.52 Å². The second-order valence-electron chi connectivity index (χ2n) is 14.0. The third kappa shape index (κ3) is 4.59. The highest BCUT2D eigenvalue weighted by atomic mass is 15.0. The largest absolute Gasteiger partial charge is 0.687 e. The predicted octanol–water partition coefficient (Wildman–Crippen LogP) is 14.1. The molecule has 2 heterocycles. The molecule has 248 valence electrons. The van der Waals surface area contributed by atoms with E-state index in [-0.39, 0.29) is 0 Å². The normalized spacial score (nSPS) is 12.5. The summed E-state index contributed by atoms with van der Waals surface area (Å²) in [6.07, 6.45) is 4.09. The number of aromatic nitrogens is 1. The molecule has 0 bridgehead atoms. The van der Waals surface area contributed by atoms with E-state index in [4.69, 9.17) is 0 Å². The molecule has 0 unspecified atom stereocenters. The van der Waals surface area contributed by atoms with Crippen molar-refractivity contribution in [3.8, 4) is 39.1 Å². The zero-order chi connectivity index (χ0) is 34.9. The van der Waals surface area contributed by atoms with Gasteiger partial charge in [-0.2, -0.15) is 6.20 Å². The van der Waals surface area contributed by atoms with Gasteiger partial charge in [-0.05, 0) is 112 Å². The predicted molar refractivity (Wildman–Crippen MR) is 226 cm³/mol. The first-order chi connectivity index (χ1) is 26.3. The second kappa shape index (κ2) is 11.8. The third-order valence-corrected chi connectivity index (χ3v) is 11.2. The maximum atomic E-state index is 4.68. The number of hydrogen-bond donors (Lipinski definition) is 0. The molecule has 53 heavy (non-hydrogen) atoms. The molecule has 0 aliphatic carbocycles. The lowest BCUT2D eigenvalue weighted by Gasteiger charge is -2.21. The summed E-state index contributed by atoms with van der Waals surface area (Å²) in [5.41, 5.74) is 12.3. The van der Waals surface area contributed by atoms with Gasteiger partial charge in [0.15, 0.2) is 0 Å². The summed E-state index contributed by atoms with van der Waals surface area (Å²) >= 11 is 0. The van der Waals surface area contributed by atoms with Crippen molar-refractivity contribution in [1.82, 2.24) is 4.57 Å². The molecule has 1 aromatic heterocycles. The van der Waals surface area contributed by atoms with E-state index in [9.17, 15) is 0 Å². The maximum Gasteiger partial charge on any atom is 0.0537 e. The Kier molecular flexibility index (Phi) is 6.65. The molecule has 0 radical (unpaired) electrons. The topological polar surface area (TPSA) is 19.0 Å². The van der Waals surface area contributed by atoms with E-state index in [1.165, 1.54) is 98.6 Å². The molecule has 10 aromatic rings. The van der Waals surface area contributed by atoms with Crippen molar-refractivity contribution in [2.45, 2.75) is 6.54 Å². The van der Waals surface area contributed by atoms with Crippen molar-refractivity contribution >= 4 is 60.1 Å². The molecule has 0 spiro atoms. The van der Waals surface area contributed by atoms with Gasteiger partial charge in [0.2, 0.25) is 0 Å². The average molecular weight is 674 g/mol. The van der Waals surface area contributed by atoms with Gasteiger partial charge >= 0.3 is 0 Å². The van der Waals surface area contributed by atoms with Gasteiger partial charge in [-0.1, -0.05) is 152 Å². The smallest absolute Gasteiger partial charge is 0.0537 e. The summed E-state index contributed by atoms with van der Waals surface area (Å²) in [5, 5.41) is 16.0. The van der Waals surface area contributed by atoms with Gasteiger partial charge in [0, 0.05) is 16.8 Å². The Morgan fingerprint density at radius 3 is 1.62 bits per heavy atom. The summed E-state index contributed by atoms with van der Waals surface area (Å²) < 4.78 is 2.38. The molecule has 11 rings (SSSR count). The van der Waals surface area contributed by atoms with Crippen LogP contribution in [0.15, 0.2) is 182 Å². The highest BCUT2D eigenvalue weighted by Gasteiger charge is 2.21. The Balaban J connectivity index is 1.23. The average Bonchev–Trinajstić information content (AvgIpc) is 3.56. The standard InChI is InChI=1S/C51H33N2/c1-2-16-37(17-3-1)53-48-27-25-36(30-45(48)47-32-52-29-28-49(47)53)35-24-26-44-46(31-35)51(41-23-11-15-34-13-5-7-19-39(34)41)43-21-9-8-20-42(43)50(44)40-22-10-14-33-12-4-6-18-38(33)40/h1-31H,32H2/q-1. The molecular formula is C51H33N2-. The lowest BCUT2D eigenvalue weighted by molar-refractivity contribution is 1.07. The first-order valence-corrected chi connectivity index (χ1v) is 18.3. The number of rotatable bonds is 4. The third-order valence-electron chi connectivity index (χ3n) is 11.2. The number of nitrogens with zero attached hydrogens (tertiary/aromatic N) is 2. The fourth-order valence-electron chi connectivity index (χ4n) is 8.84. The van der Waals surface area contributed by atoms with E-state index in [0.29, 0.717) is 6.54 Å². The van der Waals surface area contributed by atoms with Crippen LogP contribution in [0.4, 0.5) is 0 Å². The molecule has 1 aliphatic rings. The molecule has 1 aliphatic heterocycles. The summed E-state index contributed by atoms with van der Waals surface area (Å²) in [6.45, 7) is 0.676. The molecule has 0 atom stereocenters. The van der Waals surface area contributed by atoms with E-state index >= 15 is 0 Å². The van der Waals surface area contributed by atoms with E-state index in [1.807, 2.05) is 6.20 Å². The van der Waals surface area contributed by atoms with E-state index in [0.717, 1.165) is 5.69 Å². The monoisotopic (exact) mass is 673 g/mol. The van der Waals surface area contributed by atoms with E-state index in [1.54, 1.807) is 0 Å². The molecule has 0 saturated carbocycles. The van der Waals surface area contributed by atoms with Gasteiger partial charge in [-0.15, -0.1) is 6.54 Å². The molecule has 9 aromatic carbocycles. The summed E-state index contributed by atoms with van der Waals surface area (Å²) in [7, 11) is 0. The molecule has 2 nitrogen and oxygen atoms in total. The van der Waals surface area contributed by atoms with E-state index < -0.39 is 0 Å². The Hall–Kier alpha value is -6.90. The number of hydrogen-bond acceptors (Lipinski definition) is 0. The fraction of sp³-hybridized carbons (Fsp3) is 0.0196. The van der Waals surface area contributed by atoms with Crippen molar-refractivity contribution in [3.63, 3.8) is 0 Å². The van der Waals surface area contributed by atoms with Crippen LogP contribution >= 0.6 is 0 Å². The zero-order valence-electron chi connectivity index (χ0n) is 29.0. The highest BCUT2D eigenvalue weighted by molar-refractivity contribution is 6.25. The Bertz CT molecular complexity index is 3100. The second-order valence-corrected chi connectivity index (χ2v) is 14.0. The lowest BCUT2D eigenvalue weighted by Crippen LogP contribution is -1.99. The van der Waals surface area contributed by atoms with Gasteiger partial charge in [-0.25, -0.2) is 0 Å². The Labute approximate surface area is 307 Å². The van der Waals surface area contributed by atoms with Crippen LogP contribution in [0.25, 0.3) is 104 Å². The van der Waals surface area contributed by atoms with Crippen LogP contribution in [-0.4, -0.2) is 4.57 Å². The van der Waals surface area contributed by atoms with Crippen molar-refractivity contribution < 1.29 is 0 Å². The van der Waals surface area contributed by atoms with Gasteiger partial charge in [-0.3, -0.25) is 0 Å². The summed E-state index contributed by atoms with van der Waals surface area (Å²) in [5.74, 6) is 0. The Morgan fingerprint density at radius 1 is 0.415 bits per heavy atom. The first-order valence-electron chi connectivity index (χ1n) is 18.3. The molecule has 0 amide bonds.